The molecule has 0 heterocycles. The summed E-state index contributed by atoms with van der Waals surface area (Å²) in [5.74, 6) is -0.526. The van der Waals surface area contributed by atoms with Crippen LogP contribution in [0.15, 0.2) is 18.2 Å². The number of anilines is 2. The van der Waals surface area contributed by atoms with Crippen LogP contribution in [0.2, 0.25) is 0 Å². The summed E-state index contributed by atoms with van der Waals surface area (Å²) in [4.78, 5) is 24.7. The van der Waals surface area contributed by atoms with E-state index in [1.165, 1.54) is 4.90 Å². The number of rotatable bonds is 5. The van der Waals surface area contributed by atoms with E-state index >= 15 is 0 Å². The zero-order valence-corrected chi connectivity index (χ0v) is 12.3. The molecule has 0 spiro atoms. The Morgan fingerprint density at radius 1 is 1.25 bits per heavy atom. The van der Waals surface area contributed by atoms with E-state index in [-0.39, 0.29) is 11.8 Å². The van der Waals surface area contributed by atoms with E-state index in [0.717, 1.165) is 0 Å². The number of nitrogens with one attached hydrogen (secondary N) is 1. The van der Waals surface area contributed by atoms with Crippen LogP contribution in [0.5, 0.6) is 0 Å². The smallest absolute Gasteiger partial charge is 0.253 e. The summed E-state index contributed by atoms with van der Waals surface area (Å²) >= 11 is 0. The van der Waals surface area contributed by atoms with Gasteiger partial charge in [-0.05, 0) is 24.1 Å². The number of carbonyl (C=O) groups excluding carboxylic acids is 2. The molecule has 110 valence electrons. The second kappa shape index (κ2) is 6.27. The molecular formula is C14H22N4O2. The minimum absolute atomic E-state index is 0.0370. The van der Waals surface area contributed by atoms with Crippen LogP contribution >= 0.6 is 0 Å². The van der Waals surface area contributed by atoms with Crippen LogP contribution in [-0.4, -0.2) is 36.9 Å². The number of hydrogen-bond donors (Lipinski definition) is 3. The molecule has 0 aliphatic carbocycles. The van der Waals surface area contributed by atoms with Crippen molar-refractivity contribution in [1.82, 2.24) is 4.90 Å². The molecule has 1 rings (SSSR count). The van der Waals surface area contributed by atoms with Crippen molar-refractivity contribution in [3.05, 3.63) is 23.8 Å². The first-order chi connectivity index (χ1) is 9.23. The molecule has 0 saturated carbocycles. The average Bonchev–Trinajstić information content (AvgIpc) is 2.35. The van der Waals surface area contributed by atoms with Gasteiger partial charge >= 0.3 is 0 Å². The summed E-state index contributed by atoms with van der Waals surface area (Å²) in [6.07, 6.45) is 0. The number of hydrogen-bond acceptors (Lipinski definition) is 4. The summed E-state index contributed by atoms with van der Waals surface area (Å²) in [6, 6.07) is 4.43. The first kappa shape index (κ1) is 15.8. The summed E-state index contributed by atoms with van der Waals surface area (Å²) in [6.45, 7) is 3.78. The van der Waals surface area contributed by atoms with Gasteiger partial charge in [0.15, 0.2) is 0 Å². The minimum atomic E-state index is -0.507. The summed E-state index contributed by atoms with van der Waals surface area (Å²) in [7, 11) is 3.35. The van der Waals surface area contributed by atoms with Crippen molar-refractivity contribution in [3.8, 4) is 0 Å². The Morgan fingerprint density at radius 2 is 1.85 bits per heavy atom. The van der Waals surface area contributed by atoms with Gasteiger partial charge in [-0.2, -0.15) is 0 Å². The van der Waals surface area contributed by atoms with Crippen molar-refractivity contribution in [2.75, 3.05) is 25.1 Å². The molecule has 5 N–H and O–H groups in total. The Kier molecular flexibility index (Phi) is 4.96. The first-order valence-corrected chi connectivity index (χ1v) is 6.41. The molecule has 0 radical (unpaired) electrons. The largest absolute Gasteiger partial charge is 0.397 e. The molecular weight excluding hydrogens is 256 g/mol. The fourth-order valence-electron chi connectivity index (χ4n) is 1.82. The topological polar surface area (TPSA) is 101 Å². The maximum absolute atomic E-state index is 11.8. The molecule has 0 aromatic heterocycles. The lowest BCUT2D eigenvalue weighted by molar-refractivity contribution is -0.119. The highest BCUT2D eigenvalue weighted by Gasteiger charge is 2.20. The first-order valence-electron chi connectivity index (χ1n) is 6.41. The Bertz CT molecular complexity index is 512. The predicted molar refractivity (Wildman–Crippen MR) is 80.3 cm³/mol. The summed E-state index contributed by atoms with van der Waals surface area (Å²) in [5.41, 5.74) is 12.8. The number of nitrogens with two attached hydrogens (primary N) is 2. The van der Waals surface area contributed by atoms with Gasteiger partial charge in [-0.3, -0.25) is 9.59 Å². The van der Waals surface area contributed by atoms with Gasteiger partial charge in [-0.1, -0.05) is 13.8 Å². The molecule has 20 heavy (non-hydrogen) atoms. The zero-order chi connectivity index (χ0) is 15.4. The van der Waals surface area contributed by atoms with Crippen LogP contribution in [0, 0.1) is 5.92 Å². The van der Waals surface area contributed by atoms with E-state index in [1.54, 1.807) is 32.3 Å². The van der Waals surface area contributed by atoms with Gasteiger partial charge in [0.25, 0.3) is 5.91 Å². The SMILES string of the molecule is CC(C)C(Nc1ccc(C(=O)N(C)C)cc1N)C(N)=O. The third-order valence-corrected chi connectivity index (χ3v) is 2.99. The Balaban J connectivity index is 2.99. The van der Waals surface area contributed by atoms with E-state index < -0.39 is 11.9 Å². The van der Waals surface area contributed by atoms with Crippen molar-refractivity contribution in [3.63, 3.8) is 0 Å². The van der Waals surface area contributed by atoms with Crippen LogP contribution in [0.3, 0.4) is 0 Å². The van der Waals surface area contributed by atoms with E-state index in [0.29, 0.717) is 16.9 Å². The molecule has 1 unspecified atom stereocenters. The van der Waals surface area contributed by atoms with Gasteiger partial charge in [0.1, 0.15) is 6.04 Å². The Hall–Kier alpha value is -2.24. The average molecular weight is 278 g/mol. The minimum Gasteiger partial charge on any atom is -0.397 e. The molecule has 1 aromatic rings. The van der Waals surface area contributed by atoms with Crippen LogP contribution in [0.4, 0.5) is 11.4 Å². The van der Waals surface area contributed by atoms with Crippen molar-refractivity contribution < 1.29 is 9.59 Å². The van der Waals surface area contributed by atoms with Crippen LogP contribution in [-0.2, 0) is 4.79 Å². The maximum atomic E-state index is 11.8. The Labute approximate surface area is 119 Å². The van der Waals surface area contributed by atoms with Crippen LogP contribution in [0.25, 0.3) is 0 Å². The second-order valence-corrected chi connectivity index (χ2v) is 5.27. The number of amides is 2. The summed E-state index contributed by atoms with van der Waals surface area (Å²) in [5, 5.41) is 3.02. The molecule has 0 aliphatic heterocycles. The molecule has 0 aliphatic rings. The quantitative estimate of drug-likeness (QED) is 0.696. The van der Waals surface area contributed by atoms with Crippen LogP contribution in [0.1, 0.15) is 24.2 Å². The van der Waals surface area contributed by atoms with Crippen LogP contribution < -0.4 is 16.8 Å². The van der Waals surface area contributed by atoms with E-state index in [9.17, 15) is 9.59 Å². The van der Waals surface area contributed by atoms with E-state index in [4.69, 9.17) is 11.5 Å². The third kappa shape index (κ3) is 3.63. The molecule has 1 aromatic carbocycles. The monoisotopic (exact) mass is 278 g/mol. The number of carbonyl (C=O) groups is 2. The fourth-order valence-corrected chi connectivity index (χ4v) is 1.82. The number of primary amides is 1. The van der Waals surface area contributed by atoms with Crippen molar-refractivity contribution in [2.45, 2.75) is 19.9 Å². The van der Waals surface area contributed by atoms with Gasteiger partial charge in [-0.15, -0.1) is 0 Å². The molecule has 6 heteroatoms. The fraction of sp³-hybridized carbons (Fsp3) is 0.429. The standard InChI is InChI=1S/C14H22N4O2/c1-8(2)12(13(16)19)17-11-6-5-9(7-10(11)15)14(20)18(3)4/h5-8,12,17H,15H2,1-4H3,(H2,16,19). The van der Waals surface area contributed by atoms with Gasteiger partial charge in [0.2, 0.25) is 5.91 Å². The number of nitrogen functional groups attached to an aromatic ring is 1. The lowest BCUT2D eigenvalue weighted by atomic mass is 10.0. The highest BCUT2D eigenvalue weighted by Crippen LogP contribution is 2.22. The lowest BCUT2D eigenvalue weighted by Crippen LogP contribution is -2.39. The van der Waals surface area contributed by atoms with E-state index in [1.807, 2.05) is 13.8 Å². The Morgan fingerprint density at radius 3 is 2.25 bits per heavy atom. The normalized spacial score (nSPS) is 12.1. The second-order valence-electron chi connectivity index (χ2n) is 5.27. The lowest BCUT2D eigenvalue weighted by Gasteiger charge is -2.21. The highest BCUT2D eigenvalue weighted by atomic mass is 16.2. The molecule has 2 amide bonds. The molecule has 6 nitrogen and oxygen atoms in total. The number of benzene rings is 1. The third-order valence-electron chi connectivity index (χ3n) is 2.99. The highest BCUT2D eigenvalue weighted by molar-refractivity contribution is 5.96. The van der Waals surface area contributed by atoms with Crippen molar-refractivity contribution in [1.29, 1.82) is 0 Å². The molecule has 1 atom stereocenters. The van der Waals surface area contributed by atoms with E-state index in [2.05, 4.69) is 5.32 Å². The van der Waals surface area contributed by atoms with Gasteiger partial charge < -0.3 is 21.7 Å². The van der Waals surface area contributed by atoms with Crippen molar-refractivity contribution in [2.24, 2.45) is 11.7 Å². The molecule has 0 fully saturated rings. The maximum Gasteiger partial charge on any atom is 0.253 e. The van der Waals surface area contributed by atoms with Gasteiger partial charge in [0.05, 0.1) is 11.4 Å². The predicted octanol–water partition coefficient (Wildman–Crippen LogP) is 0.892. The zero-order valence-electron chi connectivity index (χ0n) is 12.3. The van der Waals surface area contributed by atoms with Crippen molar-refractivity contribution >= 4 is 23.2 Å². The molecule has 0 saturated heterocycles. The van der Waals surface area contributed by atoms with Gasteiger partial charge in [0, 0.05) is 19.7 Å². The summed E-state index contributed by atoms with van der Waals surface area (Å²) < 4.78 is 0. The number of nitrogens with zero attached hydrogens (tertiary/aromatic N) is 1. The van der Waals surface area contributed by atoms with Gasteiger partial charge in [-0.25, -0.2) is 0 Å². The molecule has 0 bridgehead atoms.